The summed E-state index contributed by atoms with van der Waals surface area (Å²) in [5.41, 5.74) is 5.02. The Bertz CT molecular complexity index is 624. The molecule has 0 saturated heterocycles. The number of phenolic OH excluding ortho intramolecular Hbond substituents is 1. The summed E-state index contributed by atoms with van der Waals surface area (Å²) >= 11 is 0. The first-order valence-electron chi connectivity index (χ1n) is 7.43. The van der Waals surface area contributed by atoms with Gasteiger partial charge >= 0.3 is 0 Å². The minimum atomic E-state index is 0.323. The first-order valence-corrected chi connectivity index (χ1v) is 7.43. The Morgan fingerprint density at radius 3 is 2.95 bits per heavy atom. The lowest BCUT2D eigenvalue weighted by atomic mass is 10.1. The van der Waals surface area contributed by atoms with Gasteiger partial charge in [-0.05, 0) is 54.2 Å². The van der Waals surface area contributed by atoms with Crippen molar-refractivity contribution in [1.82, 2.24) is 0 Å². The van der Waals surface area contributed by atoms with E-state index in [1.54, 1.807) is 13.2 Å². The van der Waals surface area contributed by atoms with Crippen LogP contribution in [0.15, 0.2) is 42.5 Å². The van der Waals surface area contributed by atoms with Crippen LogP contribution >= 0.6 is 0 Å². The highest BCUT2D eigenvalue weighted by atomic mass is 16.5. The number of fused-ring (bicyclic) bond motifs is 1. The van der Waals surface area contributed by atoms with Crippen LogP contribution in [0.3, 0.4) is 0 Å². The molecule has 3 heteroatoms. The molecule has 0 spiro atoms. The van der Waals surface area contributed by atoms with E-state index < -0.39 is 0 Å². The predicted molar refractivity (Wildman–Crippen MR) is 84.8 cm³/mol. The molecule has 0 amide bonds. The molecule has 1 aliphatic rings. The van der Waals surface area contributed by atoms with Gasteiger partial charge in [0.05, 0.1) is 12.6 Å². The van der Waals surface area contributed by atoms with E-state index >= 15 is 0 Å². The molecule has 2 aromatic rings. The first-order chi connectivity index (χ1) is 10.3. The van der Waals surface area contributed by atoms with Crippen LogP contribution in [0.4, 0.5) is 5.69 Å². The van der Waals surface area contributed by atoms with Crippen LogP contribution in [0, 0.1) is 0 Å². The number of aryl methyl sites for hydroxylation is 1. The molecule has 0 saturated carbocycles. The Balaban J connectivity index is 1.80. The standard InChI is InChI=1S/C18H21NO2/c1-21-11-10-13-4-2-3-5-17(13)19-18-9-6-14-12-15(20)7-8-16(14)18/h2-5,7-8,12,18-20H,6,9-11H2,1H3. The molecule has 110 valence electrons. The van der Waals surface area contributed by atoms with Crippen LogP contribution in [0.2, 0.25) is 0 Å². The van der Waals surface area contributed by atoms with Gasteiger partial charge in [-0.15, -0.1) is 0 Å². The minimum Gasteiger partial charge on any atom is -0.508 e. The molecule has 2 N–H and O–H groups in total. The molecule has 1 unspecified atom stereocenters. The number of nitrogens with one attached hydrogen (secondary N) is 1. The molecule has 0 aromatic heterocycles. The zero-order valence-electron chi connectivity index (χ0n) is 12.3. The third kappa shape index (κ3) is 3.03. The van der Waals surface area contributed by atoms with Crippen molar-refractivity contribution in [2.75, 3.05) is 19.0 Å². The van der Waals surface area contributed by atoms with Gasteiger partial charge in [-0.25, -0.2) is 0 Å². The molecule has 0 radical (unpaired) electrons. The smallest absolute Gasteiger partial charge is 0.115 e. The highest BCUT2D eigenvalue weighted by molar-refractivity contribution is 5.54. The van der Waals surface area contributed by atoms with Gasteiger partial charge in [0.15, 0.2) is 0 Å². The zero-order valence-corrected chi connectivity index (χ0v) is 12.3. The van der Waals surface area contributed by atoms with Crippen LogP contribution in [-0.2, 0) is 17.6 Å². The van der Waals surface area contributed by atoms with Gasteiger partial charge in [0, 0.05) is 12.8 Å². The molecule has 1 atom stereocenters. The topological polar surface area (TPSA) is 41.5 Å². The number of benzene rings is 2. The number of ether oxygens (including phenoxy) is 1. The average molecular weight is 283 g/mol. The molecular weight excluding hydrogens is 262 g/mol. The summed E-state index contributed by atoms with van der Waals surface area (Å²) in [5.74, 6) is 0.356. The maximum absolute atomic E-state index is 9.58. The fourth-order valence-electron chi connectivity index (χ4n) is 3.03. The molecule has 0 fully saturated rings. The second-order valence-electron chi connectivity index (χ2n) is 5.52. The number of aromatic hydroxyl groups is 1. The summed E-state index contributed by atoms with van der Waals surface area (Å²) in [7, 11) is 1.73. The maximum Gasteiger partial charge on any atom is 0.115 e. The molecule has 21 heavy (non-hydrogen) atoms. The van der Waals surface area contributed by atoms with Crippen molar-refractivity contribution < 1.29 is 9.84 Å². The summed E-state index contributed by atoms with van der Waals surface area (Å²) in [6.07, 6.45) is 2.99. The van der Waals surface area contributed by atoms with E-state index in [1.165, 1.54) is 22.4 Å². The van der Waals surface area contributed by atoms with E-state index in [9.17, 15) is 5.11 Å². The predicted octanol–water partition coefficient (Wildman–Crippen LogP) is 3.68. The Morgan fingerprint density at radius 2 is 2.10 bits per heavy atom. The molecule has 0 heterocycles. The zero-order chi connectivity index (χ0) is 14.7. The third-order valence-electron chi connectivity index (χ3n) is 4.13. The maximum atomic E-state index is 9.58. The minimum absolute atomic E-state index is 0.323. The summed E-state index contributed by atoms with van der Waals surface area (Å²) in [5, 5.41) is 13.2. The Morgan fingerprint density at radius 1 is 1.24 bits per heavy atom. The largest absolute Gasteiger partial charge is 0.508 e. The van der Waals surface area contributed by atoms with E-state index in [0.29, 0.717) is 11.8 Å². The summed E-state index contributed by atoms with van der Waals surface area (Å²) in [4.78, 5) is 0. The van der Waals surface area contributed by atoms with Gasteiger partial charge in [0.1, 0.15) is 5.75 Å². The number of methoxy groups -OCH3 is 1. The first kappa shape index (κ1) is 14.0. The Hall–Kier alpha value is -2.00. The van der Waals surface area contributed by atoms with E-state index in [-0.39, 0.29) is 0 Å². The van der Waals surface area contributed by atoms with Gasteiger partial charge in [-0.1, -0.05) is 24.3 Å². The van der Waals surface area contributed by atoms with Crippen molar-refractivity contribution in [3.05, 3.63) is 59.2 Å². The van der Waals surface area contributed by atoms with Crippen LogP contribution < -0.4 is 5.32 Å². The Kier molecular flexibility index (Phi) is 4.11. The molecule has 0 aliphatic heterocycles. The number of para-hydroxylation sites is 1. The van der Waals surface area contributed by atoms with Crippen molar-refractivity contribution in [3.8, 4) is 5.75 Å². The van der Waals surface area contributed by atoms with E-state index in [1.807, 2.05) is 12.1 Å². The quantitative estimate of drug-likeness (QED) is 0.879. The SMILES string of the molecule is COCCc1ccccc1NC1CCc2cc(O)ccc21. The molecule has 0 bridgehead atoms. The highest BCUT2D eigenvalue weighted by Gasteiger charge is 2.23. The third-order valence-corrected chi connectivity index (χ3v) is 4.13. The fourth-order valence-corrected chi connectivity index (χ4v) is 3.03. The normalized spacial score (nSPS) is 16.7. The molecule has 2 aromatic carbocycles. The van der Waals surface area contributed by atoms with Crippen LogP contribution in [0.5, 0.6) is 5.75 Å². The second-order valence-corrected chi connectivity index (χ2v) is 5.52. The lowest BCUT2D eigenvalue weighted by Crippen LogP contribution is -2.09. The molecular formula is C18H21NO2. The van der Waals surface area contributed by atoms with Gasteiger partial charge in [0.25, 0.3) is 0 Å². The lowest BCUT2D eigenvalue weighted by Gasteiger charge is -2.18. The van der Waals surface area contributed by atoms with Gasteiger partial charge in [-0.3, -0.25) is 0 Å². The monoisotopic (exact) mass is 283 g/mol. The van der Waals surface area contributed by atoms with Crippen molar-refractivity contribution in [3.63, 3.8) is 0 Å². The van der Waals surface area contributed by atoms with Gasteiger partial charge in [-0.2, -0.15) is 0 Å². The number of hydrogen-bond donors (Lipinski definition) is 2. The Labute approximate surface area is 125 Å². The van der Waals surface area contributed by atoms with Crippen molar-refractivity contribution >= 4 is 5.69 Å². The van der Waals surface area contributed by atoms with E-state index in [0.717, 1.165) is 25.9 Å². The van der Waals surface area contributed by atoms with Crippen LogP contribution in [0.25, 0.3) is 0 Å². The summed E-state index contributed by atoms with van der Waals surface area (Å²) in [6.45, 7) is 0.730. The van der Waals surface area contributed by atoms with E-state index in [2.05, 4.69) is 29.6 Å². The average Bonchev–Trinajstić information content (AvgIpc) is 2.88. The second kappa shape index (κ2) is 6.19. The molecule has 3 nitrogen and oxygen atoms in total. The molecule has 1 aliphatic carbocycles. The van der Waals surface area contributed by atoms with E-state index in [4.69, 9.17) is 4.74 Å². The number of phenols is 1. The summed E-state index contributed by atoms with van der Waals surface area (Å²) in [6, 6.07) is 14.4. The number of anilines is 1. The van der Waals surface area contributed by atoms with Crippen molar-refractivity contribution in [1.29, 1.82) is 0 Å². The van der Waals surface area contributed by atoms with Gasteiger partial charge in [0.2, 0.25) is 0 Å². The van der Waals surface area contributed by atoms with Crippen LogP contribution in [0.1, 0.15) is 29.2 Å². The number of rotatable bonds is 5. The van der Waals surface area contributed by atoms with Crippen LogP contribution in [-0.4, -0.2) is 18.8 Å². The molecule has 3 rings (SSSR count). The summed E-state index contributed by atoms with van der Waals surface area (Å²) < 4.78 is 5.18. The number of hydrogen-bond acceptors (Lipinski definition) is 3. The van der Waals surface area contributed by atoms with Crippen molar-refractivity contribution in [2.45, 2.75) is 25.3 Å². The van der Waals surface area contributed by atoms with Crippen molar-refractivity contribution in [2.24, 2.45) is 0 Å². The fraction of sp³-hybridized carbons (Fsp3) is 0.333. The highest BCUT2D eigenvalue weighted by Crippen LogP contribution is 2.36. The van der Waals surface area contributed by atoms with Gasteiger partial charge < -0.3 is 15.2 Å². The lowest BCUT2D eigenvalue weighted by molar-refractivity contribution is 0.202.